The van der Waals surface area contributed by atoms with E-state index in [1.54, 1.807) is 25.2 Å². The van der Waals surface area contributed by atoms with Crippen molar-refractivity contribution in [3.8, 4) is 22.8 Å². The van der Waals surface area contributed by atoms with Crippen molar-refractivity contribution in [2.45, 2.75) is 30.5 Å². The number of nitrogens with zero attached hydrogens (tertiary/aromatic N) is 2. The number of ether oxygens (including phenoxy) is 1. The molecule has 1 aromatic heterocycles. The molecular formula is C20H18F3N3O2S. The Morgan fingerprint density at radius 3 is 2.59 bits per heavy atom. The second-order valence-electron chi connectivity index (χ2n) is 6.59. The van der Waals surface area contributed by atoms with Crippen LogP contribution in [0.15, 0.2) is 53.6 Å². The van der Waals surface area contributed by atoms with E-state index in [0.29, 0.717) is 21.9 Å². The lowest BCUT2D eigenvalue weighted by atomic mass is 10.1. The van der Waals surface area contributed by atoms with E-state index in [2.05, 4.69) is 14.3 Å². The average Bonchev–Trinajstić information content (AvgIpc) is 3.29. The Morgan fingerprint density at radius 1 is 1.17 bits per heavy atom. The predicted molar refractivity (Wildman–Crippen MR) is 103 cm³/mol. The Bertz CT molecular complexity index is 1040. The van der Waals surface area contributed by atoms with Crippen molar-refractivity contribution in [3.05, 3.63) is 60.0 Å². The molecular weight excluding hydrogens is 403 g/mol. The molecule has 0 saturated heterocycles. The molecule has 0 amide bonds. The average molecular weight is 421 g/mol. The van der Waals surface area contributed by atoms with Gasteiger partial charge < -0.3 is 9.30 Å². The number of hydrogen-bond acceptors (Lipinski definition) is 3. The minimum Gasteiger partial charge on any atom is -0.457 e. The quantitative estimate of drug-likeness (QED) is 0.658. The predicted octanol–water partition coefficient (Wildman–Crippen LogP) is 4.55. The van der Waals surface area contributed by atoms with Gasteiger partial charge in [0.1, 0.15) is 28.3 Å². The number of fused-ring (bicyclic) bond motifs is 1. The van der Waals surface area contributed by atoms with Crippen molar-refractivity contribution >= 4 is 11.0 Å². The fourth-order valence-corrected chi connectivity index (χ4v) is 3.91. The third-order valence-corrected chi connectivity index (χ3v) is 5.75. The van der Waals surface area contributed by atoms with Gasteiger partial charge >= 0.3 is 6.18 Å². The SMILES string of the molecule is CNS(=O)c1ccc(Oc2ccc(C(F)(F)F)cc2)c(-c2cn3c(n2)CCC3)c1. The smallest absolute Gasteiger partial charge is 0.416 e. The molecule has 1 atom stereocenters. The van der Waals surface area contributed by atoms with E-state index in [-0.39, 0.29) is 5.75 Å². The molecule has 2 heterocycles. The van der Waals surface area contributed by atoms with Crippen molar-refractivity contribution in [1.82, 2.24) is 14.3 Å². The molecule has 0 radical (unpaired) electrons. The number of aryl methyl sites for hydroxylation is 2. The van der Waals surface area contributed by atoms with E-state index in [0.717, 1.165) is 37.3 Å². The second kappa shape index (κ2) is 7.64. The Hall–Kier alpha value is -2.65. The van der Waals surface area contributed by atoms with Gasteiger partial charge in [-0.15, -0.1) is 0 Å². The van der Waals surface area contributed by atoms with Gasteiger partial charge in [0, 0.05) is 24.7 Å². The van der Waals surface area contributed by atoms with Crippen LogP contribution in [-0.4, -0.2) is 20.8 Å². The molecule has 29 heavy (non-hydrogen) atoms. The van der Waals surface area contributed by atoms with E-state index in [1.807, 2.05) is 6.20 Å². The van der Waals surface area contributed by atoms with Crippen LogP contribution in [0.3, 0.4) is 0 Å². The summed E-state index contributed by atoms with van der Waals surface area (Å²) >= 11 is 0. The second-order valence-corrected chi connectivity index (χ2v) is 8.01. The van der Waals surface area contributed by atoms with Crippen LogP contribution in [-0.2, 0) is 30.1 Å². The van der Waals surface area contributed by atoms with E-state index in [9.17, 15) is 17.4 Å². The van der Waals surface area contributed by atoms with Gasteiger partial charge in [-0.2, -0.15) is 13.2 Å². The highest BCUT2D eigenvalue weighted by Crippen LogP contribution is 2.36. The molecule has 0 fully saturated rings. The topological polar surface area (TPSA) is 56.1 Å². The molecule has 1 aliphatic rings. The molecule has 1 unspecified atom stereocenters. The van der Waals surface area contributed by atoms with Gasteiger partial charge in [0.25, 0.3) is 0 Å². The van der Waals surface area contributed by atoms with Crippen LogP contribution < -0.4 is 9.46 Å². The summed E-state index contributed by atoms with van der Waals surface area (Å²) in [5, 5.41) is 0. The van der Waals surface area contributed by atoms with Crippen LogP contribution in [0.5, 0.6) is 11.5 Å². The Morgan fingerprint density at radius 2 is 1.93 bits per heavy atom. The zero-order valence-corrected chi connectivity index (χ0v) is 16.3. The summed E-state index contributed by atoms with van der Waals surface area (Å²) in [7, 11) is 0.197. The Kier molecular flexibility index (Phi) is 5.18. The first kappa shape index (κ1) is 19.7. The van der Waals surface area contributed by atoms with Gasteiger partial charge in [0.15, 0.2) is 0 Å². The first-order valence-electron chi connectivity index (χ1n) is 9.00. The molecule has 1 N–H and O–H groups in total. The minimum absolute atomic E-state index is 0.272. The van der Waals surface area contributed by atoms with Gasteiger partial charge in [-0.3, -0.25) is 0 Å². The molecule has 152 valence electrons. The number of aromatic nitrogens is 2. The number of alkyl halides is 3. The molecule has 4 rings (SSSR count). The van der Waals surface area contributed by atoms with Crippen LogP contribution in [0.4, 0.5) is 13.2 Å². The number of rotatable bonds is 5. The highest BCUT2D eigenvalue weighted by atomic mass is 32.2. The van der Waals surface area contributed by atoms with Crippen molar-refractivity contribution < 1.29 is 22.1 Å². The third-order valence-electron chi connectivity index (χ3n) is 4.69. The molecule has 1 aliphatic heterocycles. The summed E-state index contributed by atoms with van der Waals surface area (Å²) in [6.07, 6.45) is -0.554. The number of benzene rings is 2. The van der Waals surface area contributed by atoms with Gasteiger partial charge in [-0.25, -0.2) is 13.9 Å². The zero-order chi connectivity index (χ0) is 20.6. The largest absolute Gasteiger partial charge is 0.457 e. The van der Waals surface area contributed by atoms with Crippen LogP contribution in [0, 0.1) is 0 Å². The van der Waals surface area contributed by atoms with Gasteiger partial charge in [0.2, 0.25) is 0 Å². The monoisotopic (exact) mass is 421 g/mol. The summed E-state index contributed by atoms with van der Waals surface area (Å²) < 4.78 is 61.1. The maximum atomic E-state index is 12.8. The summed E-state index contributed by atoms with van der Waals surface area (Å²) in [5.74, 6) is 1.67. The van der Waals surface area contributed by atoms with Crippen LogP contribution in [0.2, 0.25) is 0 Å². The van der Waals surface area contributed by atoms with Crippen molar-refractivity contribution in [2.75, 3.05) is 7.05 Å². The number of nitrogens with one attached hydrogen (secondary N) is 1. The summed E-state index contributed by atoms with van der Waals surface area (Å²) in [6, 6.07) is 9.54. The fraction of sp³-hybridized carbons (Fsp3) is 0.250. The first-order chi connectivity index (χ1) is 13.8. The summed E-state index contributed by atoms with van der Waals surface area (Å²) in [5.41, 5.74) is 0.569. The normalized spacial score (nSPS) is 14.6. The summed E-state index contributed by atoms with van der Waals surface area (Å²) in [6.45, 7) is 0.888. The molecule has 9 heteroatoms. The van der Waals surface area contributed by atoms with Gasteiger partial charge in [-0.05, 0) is 55.9 Å². The Balaban J connectivity index is 1.71. The van der Waals surface area contributed by atoms with Crippen LogP contribution in [0.1, 0.15) is 17.8 Å². The molecule has 0 saturated carbocycles. The molecule has 5 nitrogen and oxygen atoms in total. The first-order valence-corrected chi connectivity index (χ1v) is 10.1. The molecule has 3 aromatic rings. The minimum atomic E-state index is -4.40. The molecule has 0 spiro atoms. The van der Waals surface area contributed by atoms with Gasteiger partial charge in [0.05, 0.1) is 16.2 Å². The molecule has 0 aliphatic carbocycles. The maximum Gasteiger partial charge on any atom is 0.416 e. The molecule has 2 aromatic carbocycles. The highest BCUT2D eigenvalue weighted by molar-refractivity contribution is 7.83. The highest BCUT2D eigenvalue weighted by Gasteiger charge is 2.30. The summed E-state index contributed by atoms with van der Waals surface area (Å²) in [4.78, 5) is 5.20. The van der Waals surface area contributed by atoms with Crippen molar-refractivity contribution in [1.29, 1.82) is 0 Å². The number of imidazole rings is 1. The lowest BCUT2D eigenvalue weighted by molar-refractivity contribution is -0.137. The van der Waals surface area contributed by atoms with E-state index < -0.39 is 22.7 Å². The van der Waals surface area contributed by atoms with Crippen LogP contribution >= 0.6 is 0 Å². The van der Waals surface area contributed by atoms with Gasteiger partial charge in [-0.1, -0.05) is 0 Å². The number of hydrogen-bond donors (Lipinski definition) is 1. The van der Waals surface area contributed by atoms with E-state index in [1.165, 1.54) is 12.1 Å². The Labute approximate surface area is 168 Å². The third kappa shape index (κ3) is 4.06. The fourth-order valence-electron chi connectivity index (χ4n) is 3.26. The van der Waals surface area contributed by atoms with Crippen molar-refractivity contribution in [3.63, 3.8) is 0 Å². The van der Waals surface area contributed by atoms with Crippen molar-refractivity contribution in [2.24, 2.45) is 0 Å². The van der Waals surface area contributed by atoms with Crippen LogP contribution in [0.25, 0.3) is 11.3 Å². The lowest BCUT2D eigenvalue weighted by Gasteiger charge is -2.13. The standard InChI is InChI=1S/C20H18F3N3O2S/c1-24-29(27)15-8-9-18(28-14-6-4-13(5-7-14)20(21,22)23)16(11-15)17-12-26-10-2-3-19(26)25-17/h4-9,11-12,24H,2-3,10H2,1H3. The maximum absolute atomic E-state index is 12.8. The molecule has 0 bridgehead atoms. The van der Waals surface area contributed by atoms with E-state index in [4.69, 9.17) is 4.74 Å². The lowest BCUT2D eigenvalue weighted by Crippen LogP contribution is -2.10. The number of halogens is 3. The zero-order valence-electron chi connectivity index (χ0n) is 15.5. The van der Waals surface area contributed by atoms with E-state index >= 15 is 0 Å².